The van der Waals surface area contributed by atoms with Crippen LogP contribution in [0.4, 0.5) is 11.5 Å². The largest absolute Gasteiger partial charge is 0.384 e. The molecule has 0 aromatic carbocycles. The van der Waals surface area contributed by atoms with Crippen molar-refractivity contribution < 1.29 is 14.5 Å². The van der Waals surface area contributed by atoms with Gasteiger partial charge in [0.25, 0.3) is 11.6 Å². The third-order valence-electron chi connectivity index (χ3n) is 2.56. The number of nitro groups is 1. The van der Waals surface area contributed by atoms with Crippen molar-refractivity contribution in [2.75, 3.05) is 18.9 Å². The van der Waals surface area contributed by atoms with E-state index < -0.39 is 16.4 Å². The molecule has 0 aliphatic rings. The van der Waals surface area contributed by atoms with Crippen LogP contribution in [-0.2, 0) is 4.74 Å². The highest BCUT2D eigenvalue weighted by Gasteiger charge is 2.24. The molecule has 8 nitrogen and oxygen atoms in total. The van der Waals surface area contributed by atoms with Gasteiger partial charge in [0.15, 0.2) is 0 Å². The van der Waals surface area contributed by atoms with Crippen LogP contribution in [0.25, 0.3) is 0 Å². The zero-order valence-electron chi connectivity index (χ0n) is 11.7. The Hall–Kier alpha value is -2.22. The van der Waals surface area contributed by atoms with Crippen molar-refractivity contribution in [3.05, 3.63) is 27.9 Å². The van der Waals surface area contributed by atoms with Gasteiger partial charge in [0, 0.05) is 13.2 Å². The average Bonchev–Trinajstić information content (AvgIpc) is 2.35. The quantitative estimate of drug-likeness (QED) is 0.595. The predicted octanol–water partition coefficient (Wildman–Crippen LogP) is 1.12. The lowest BCUT2D eigenvalue weighted by molar-refractivity contribution is -0.385. The van der Waals surface area contributed by atoms with E-state index in [9.17, 15) is 14.9 Å². The molecule has 0 radical (unpaired) electrons. The number of carbonyl (C=O) groups is 1. The minimum Gasteiger partial charge on any atom is -0.384 e. The Morgan fingerprint density at radius 2 is 2.25 bits per heavy atom. The van der Waals surface area contributed by atoms with Gasteiger partial charge in [0.1, 0.15) is 17.6 Å². The summed E-state index contributed by atoms with van der Waals surface area (Å²) in [5, 5.41) is 13.5. The van der Waals surface area contributed by atoms with Gasteiger partial charge in [-0.3, -0.25) is 14.9 Å². The molecule has 3 N–H and O–H groups in total. The van der Waals surface area contributed by atoms with Crippen molar-refractivity contribution in [1.82, 2.24) is 10.3 Å². The number of hydrogen-bond acceptors (Lipinski definition) is 6. The summed E-state index contributed by atoms with van der Waals surface area (Å²) in [4.78, 5) is 25.8. The van der Waals surface area contributed by atoms with Crippen LogP contribution in [0.5, 0.6) is 0 Å². The number of hydrogen-bond donors (Lipinski definition) is 2. The van der Waals surface area contributed by atoms with Crippen molar-refractivity contribution in [3.8, 4) is 0 Å². The van der Waals surface area contributed by atoms with Crippen LogP contribution >= 0.6 is 0 Å². The molecule has 0 aliphatic heterocycles. The number of aromatic nitrogens is 1. The molecule has 1 amide bonds. The van der Waals surface area contributed by atoms with Crippen molar-refractivity contribution in [3.63, 3.8) is 0 Å². The zero-order chi connectivity index (χ0) is 15.3. The number of nitrogens with zero attached hydrogens (tertiary/aromatic N) is 2. The second-order valence-corrected chi connectivity index (χ2v) is 4.76. The molecule has 1 heterocycles. The van der Waals surface area contributed by atoms with Crippen LogP contribution < -0.4 is 11.1 Å². The van der Waals surface area contributed by atoms with Gasteiger partial charge in [-0.15, -0.1) is 0 Å². The molecule has 0 fully saturated rings. The standard InChI is InChI=1S/C12H18N4O4/c1-4-20-12(2,3)7-15-11(17)8-5-10(13)14-6-9(8)16(18)19/h5-6H,4,7H2,1-3H3,(H2,13,14)(H,15,17). The molecule has 0 saturated carbocycles. The van der Waals surface area contributed by atoms with Crippen molar-refractivity contribution in [2.45, 2.75) is 26.4 Å². The molecule has 1 rings (SSSR count). The van der Waals surface area contributed by atoms with Gasteiger partial charge in [0.2, 0.25) is 0 Å². The fourth-order valence-corrected chi connectivity index (χ4v) is 1.62. The number of nitrogens with two attached hydrogens (primary N) is 1. The SMILES string of the molecule is CCOC(C)(C)CNC(=O)c1cc(N)ncc1[N+](=O)[O-]. The molecule has 0 spiro atoms. The average molecular weight is 282 g/mol. The topological polar surface area (TPSA) is 120 Å². The second kappa shape index (κ2) is 6.29. The second-order valence-electron chi connectivity index (χ2n) is 4.76. The summed E-state index contributed by atoms with van der Waals surface area (Å²) in [6.45, 7) is 6.19. The summed E-state index contributed by atoms with van der Waals surface area (Å²) in [5.74, 6) is -0.539. The number of carbonyl (C=O) groups excluding carboxylic acids is 1. The lowest BCUT2D eigenvalue weighted by atomic mass is 10.1. The molecule has 0 bridgehead atoms. The minimum absolute atomic E-state index is 0.0461. The Bertz CT molecular complexity index is 516. The summed E-state index contributed by atoms with van der Waals surface area (Å²) in [7, 11) is 0. The molecule has 0 aliphatic carbocycles. The molecule has 0 saturated heterocycles. The first kappa shape index (κ1) is 15.8. The smallest absolute Gasteiger partial charge is 0.300 e. The van der Waals surface area contributed by atoms with E-state index in [1.165, 1.54) is 6.07 Å². The Morgan fingerprint density at radius 1 is 1.60 bits per heavy atom. The normalized spacial score (nSPS) is 11.2. The van der Waals surface area contributed by atoms with Crippen molar-refractivity contribution in [1.29, 1.82) is 0 Å². The molecular formula is C12H18N4O4. The van der Waals surface area contributed by atoms with Crippen molar-refractivity contribution in [2.24, 2.45) is 0 Å². The maximum atomic E-state index is 12.0. The van der Waals surface area contributed by atoms with Gasteiger partial charge >= 0.3 is 0 Å². The molecule has 1 aromatic heterocycles. The van der Waals surface area contributed by atoms with Crippen LogP contribution in [0.3, 0.4) is 0 Å². The predicted molar refractivity (Wildman–Crippen MR) is 73.3 cm³/mol. The van der Waals surface area contributed by atoms with Gasteiger partial charge < -0.3 is 15.8 Å². The Labute approximate surface area is 116 Å². The number of pyridine rings is 1. The molecule has 0 unspecified atom stereocenters. The third kappa shape index (κ3) is 4.16. The van der Waals surface area contributed by atoms with Crippen LogP contribution in [-0.4, -0.2) is 34.6 Å². The summed E-state index contributed by atoms with van der Waals surface area (Å²) in [6, 6.07) is 1.18. The van der Waals surface area contributed by atoms with E-state index in [1.807, 2.05) is 20.8 Å². The number of ether oxygens (including phenoxy) is 1. The first-order valence-electron chi connectivity index (χ1n) is 6.09. The Morgan fingerprint density at radius 3 is 2.80 bits per heavy atom. The fourth-order valence-electron chi connectivity index (χ4n) is 1.62. The van der Waals surface area contributed by atoms with E-state index in [-0.39, 0.29) is 23.6 Å². The van der Waals surface area contributed by atoms with Crippen LogP contribution in [0.2, 0.25) is 0 Å². The Balaban J connectivity index is 2.87. The maximum absolute atomic E-state index is 12.0. The Kier molecular flexibility index (Phi) is 4.98. The minimum atomic E-state index is -0.672. The van der Waals surface area contributed by atoms with E-state index in [0.717, 1.165) is 6.20 Å². The molecular weight excluding hydrogens is 264 g/mol. The van der Waals surface area contributed by atoms with Gasteiger partial charge in [-0.05, 0) is 26.8 Å². The first-order chi connectivity index (χ1) is 9.26. The van der Waals surface area contributed by atoms with Crippen LogP contribution in [0, 0.1) is 10.1 Å². The number of nitrogen functional groups attached to an aromatic ring is 1. The molecule has 20 heavy (non-hydrogen) atoms. The number of amides is 1. The summed E-state index contributed by atoms with van der Waals surface area (Å²) in [6.07, 6.45) is 0.970. The summed E-state index contributed by atoms with van der Waals surface area (Å²) in [5.41, 5.74) is 4.40. The monoisotopic (exact) mass is 282 g/mol. The van der Waals surface area contributed by atoms with E-state index in [4.69, 9.17) is 10.5 Å². The van der Waals surface area contributed by atoms with E-state index >= 15 is 0 Å². The van der Waals surface area contributed by atoms with Crippen LogP contribution in [0.1, 0.15) is 31.1 Å². The van der Waals surface area contributed by atoms with Gasteiger partial charge in [-0.25, -0.2) is 4.98 Å². The van der Waals surface area contributed by atoms with Crippen molar-refractivity contribution >= 4 is 17.4 Å². The zero-order valence-corrected chi connectivity index (χ0v) is 11.7. The van der Waals surface area contributed by atoms with E-state index in [0.29, 0.717) is 6.61 Å². The third-order valence-corrected chi connectivity index (χ3v) is 2.56. The molecule has 1 aromatic rings. The number of anilines is 1. The lowest BCUT2D eigenvalue weighted by Gasteiger charge is -2.24. The highest BCUT2D eigenvalue weighted by atomic mass is 16.6. The summed E-state index contributed by atoms with van der Waals surface area (Å²) >= 11 is 0. The number of rotatable bonds is 6. The van der Waals surface area contributed by atoms with Gasteiger partial charge in [-0.1, -0.05) is 0 Å². The molecule has 110 valence electrons. The fraction of sp³-hybridized carbons (Fsp3) is 0.500. The lowest BCUT2D eigenvalue weighted by Crippen LogP contribution is -2.40. The van der Waals surface area contributed by atoms with Gasteiger partial charge in [-0.2, -0.15) is 0 Å². The summed E-state index contributed by atoms with van der Waals surface area (Å²) < 4.78 is 5.43. The highest BCUT2D eigenvalue weighted by molar-refractivity contribution is 5.98. The highest BCUT2D eigenvalue weighted by Crippen LogP contribution is 2.19. The van der Waals surface area contributed by atoms with E-state index in [1.54, 1.807) is 0 Å². The van der Waals surface area contributed by atoms with Gasteiger partial charge in [0.05, 0.1) is 10.5 Å². The molecule has 0 atom stereocenters. The van der Waals surface area contributed by atoms with Crippen LogP contribution in [0.15, 0.2) is 12.3 Å². The first-order valence-corrected chi connectivity index (χ1v) is 6.09. The molecule has 8 heteroatoms. The van der Waals surface area contributed by atoms with E-state index in [2.05, 4.69) is 10.3 Å². The number of nitrogens with one attached hydrogen (secondary N) is 1. The maximum Gasteiger partial charge on any atom is 0.300 e.